The summed E-state index contributed by atoms with van der Waals surface area (Å²) < 4.78 is 2.46. The van der Waals surface area contributed by atoms with E-state index in [9.17, 15) is 0 Å². The first-order valence-corrected chi connectivity index (χ1v) is 22.5. The molecule has 0 aliphatic heterocycles. The number of aromatic nitrogens is 1. The summed E-state index contributed by atoms with van der Waals surface area (Å²) in [4.78, 5) is 2.44. The highest BCUT2D eigenvalue weighted by atomic mass is 15.1. The zero-order chi connectivity index (χ0) is 42.9. The second-order valence-electron chi connectivity index (χ2n) is 17.2. The smallest absolute Gasteiger partial charge is 0.0714 e. The van der Waals surface area contributed by atoms with Gasteiger partial charge in [-0.25, -0.2) is 0 Å². The van der Waals surface area contributed by atoms with Crippen LogP contribution in [0, 0.1) is 0 Å². The molecule has 1 aliphatic rings. The van der Waals surface area contributed by atoms with E-state index >= 15 is 0 Å². The molecular weight excluding hydrogens is 785 g/mol. The third-order valence-electron chi connectivity index (χ3n) is 13.8. The number of fused-ring (bicyclic) bond motifs is 9. The van der Waals surface area contributed by atoms with Crippen molar-refractivity contribution in [3.63, 3.8) is 0 Å². The van der Waals surface area contributed by atoms with Crippen LogP contribution in [0.15, 0.2) is 255 Å². The molecule has 2 nitrogen and oxygen atoms in total. The van der Waals surface area contributed by atoms with Crippen molar-refractivity contribution < 1.29 is 0 Å². The minimum atomic E-state index is -0.600. The molecule has 11 aromatic carbocycles. The van der Waals surface area contributed by atoms with Crippen molar-refractivity contribution in [2.75, 3.05) is 4.90 Å². The number of rotatable bonds is 7. The summed E-state index contributed by atoms with van der Waals surface area (Å²) in [5.41, 5.74) is 16.2. The first-order valence-electron chi connectivity index (χ1n) is 22.5. The van der Waals surface area contributed by atoms with Gasteiger partial charge in [0.25, 0.3) is 0 Å². The van der Waals surface area contributed by atoms with Crippen molar-refractivity contribution in [3.8, 4) is 27.9 Å². The van der Waals surface area contributed by atoms with Crippen LogP contribution in [0.4, 0.5) is 17.1 Å². The summed E-state index contributed by atoms with van der Waals surface area (Å²) in [5, 5.41) is 7.44. The Balaban J connectivity index is 1.07. The van der Waals surface area contributed by atoms with Crippen LogP contribution in [0.5, 0.6) is 0 Å². The maximum absolute atomic E-state index is 2.48. The average Bonchev–Trinajstić information content (AvgIpc) is 3.87. The van der Waals surface area contributed by atoms with Crippen LogP contribution >= 0.6 is 0 Å². The van der Waals surface area contributed by atoms with Crippen LogP contribution in [0.3, 0.4) is 0 Å². The lowest BCUT2D eigenvalue weighted by Crippen LogP contribution is -2.28. The zero-order valence-electron chi connectivity index (χ0n) is 35.6. The summed E-state index contributed by atoms with van der Waals surface area (Å²) in [6.07, 6.45) is 0. The average molecular weight is 827 g/mol. The van der Waals surface area contributed by atoms with Gasteiger partial charge in [-0.2, -0.15) is 0 Å². The molecule has 0 amide bonds. The van der Waals surface area contributed by atoms with E-state index in [-0.39, 0.29) is 0 Å². The maximum atomic E-state index is 2.48. The fourth-order valence-corrected chi connectivity index (χ4v) is 11.0. The maximum Gasteiger partial charge on any atom is 0.0714 e. The molecule has 12 aromatic rings. The lowest BCUT2D eigenvalue weighted by Gasteiger charge is -2.35. The molecule has 0 radical (unpaired) electrons. The highest BCUT2D eigenvalue weighted by Crippen LogP contribution is 2.58. The largest absolute Gasteiger partial charge is 0.310 e. The number of hydrogen-bond donors (Lipinski definition) is 0. The first kappa shape index (κ1) is 37.1. The Labute approximate surface area is 378 Å². The SMILES string of the molecule is c1ccc(N(c2ccc3c(c2)C(c2ccccc2)(c2ccccc2)c2cc(-c4cccc5ccccc45)ccc2-3)c2ccc3c4ccc5ccccc5c4n(-c4ccccc4)c3c2)cc1. The molecule has 0 saturated heterocycles. The van der Waals surface area contributed by atoms with Gasteiger partial charge >= 0.3 is 0 Å². The van der Waals surface area contributed by atoms with Gasteiger partial charge in [-0.1, -0.05) is 200 Å². The fourth-order valence-electron chi connectivity index (χ4n) is 11.0. The molecule has 0 fully saturated rings. The van der Waals surface area contributed by atoms with Crippen molar-refractivity contribution in [2.45, 2.75) is 5.41 Å². The summed E-state index contributed by atoms with van der Waals surface area (Å²) in [5.74, 6) is 0. The second kappa shape index (κ2) is 14.8. The van der Waals surface area contributed by atoms with E-state index in [2.05, 4.69) is 264 Å². The molecule has 1 aliphatic carbocycles. The van der Waals surface area contributed by atoms with Gasteiger partial charge in [0.2, 0.25) is 0 Å². The van der Waals surface area contributed by atoms with E-state index in [4.69, 9.17) is 0 Å². The normalized spacial score (nSPS) is 12.7. The summed E-state index contributed by atoms with van der Waals surface area (Å²) >= 11 is 0. The topological polar surface area (TPSA) is 8.17 Å². The quantitative estimate of drug-likeness (QED) is 0.155. The molecule has 304 valence electrons. The zero-order valence-corrected chi connectivity index (χ0v) is 35.6. The van der Waals surface area contributed by atoms with Crippen LogP contribution in [0.2, 0.25) is 0 Å². The standard InChI is InChI=1S/C63H42N2/c1-5-21-46(22-6-1)63(47-23-7-2-8-24-47)59-40-45(53-31-17-20-43-18-13-15-29-52(43)53)33-36-55(59)56-38-34-50(41-60(56)63)64(48-25-9-3-10-26-48)51-35-39-57-58-37-32-44-19-14-16-30-54(44)62(58)65(61(57)42-51)49-27-11-4-12-28-49/h1-42H. The van der Waals surface area contributed by atoms with E-state index in [1.54, 1.807) is 0 Å². The van der Waals surface area contributed by atoms with Crippen LogP contribution in [0.25, 0.3) is 71.3 Å². The third kappa shape index (κ3) is 5.67. The monoisotopic (exact) mass is 826 g/mol. The summed E-state index contributed by atoms with van der Waals surface area (Å²) in [7, 11) is 0. The summed E-state index contributed by atoms with van der Waals surface area (Å²) in [6.45, 7) is 0. The van der Waals surface area contributed by atoms with Crippen molar-refractivity contribution in [2.24, 2.45) is 0 Å². The fraction of sp³-hybridized carbons (Fsp3) is 0.0159. The number of nitrogens with zero attached hydrogens (tertiary/aromatic N) is 2. The molecule has 0 saturated carbocycles. The molecule has 0 N–H and O–H groups in total. The highest BCUT2D eigenvalue weighted by molar-refractivity contribution is 6.19. The van der Waals surface area contributed by atoms with Gasteiger partial charge in [0.15, 0.2) is 0 Å². The van der Waals surface area contributed by atoms with Gasteiger partial charge in [-0.3, -0.25) is 0 Å². The Morgan fingerprint density at radius 1 is 0.323 bits per heavy atom. The second-order valence-corrected chi connectivity index (χ2v) is 17.2. The Bertz CT molecular complexity index is 3710. The van der Waals surface area contributed by atoms with E-state index in [1.165, 1.54) is 87.9 Å². The van der Waals surface area contributed by atoms with E-state index in [1.807, 2.05) is 0 Å². The van der Waals surface area contributed by atoms with Crippen LogP contribution in [0.1, 0.15) is 22.3 Å². The summed E-state index contributed by atoms with van der Waals surface area (Å²) in [6, 6.07) is 94.0. The van der Waals surface area contributed by atoms with Crippen molar-refractivity contribution in [1.29, 1.82) is 0 Å². The van der Waals surface area contributed by atoms with Crippen molar-refractivity contribution in [3.05, 3.63) is 277 Å². The van der Waals surface area contributed by atoms with Gasteiger partial charge in [-0.15, -0.1) is 0 Å². The Morgan fingerprint density at radius 2 is 0.862 bits per heavy atom. The van der Waals surface area contributed by atoms with Gasteiger partial charge in [0.05, 0.1) is 16.4 Å². The van der Waals surface area contributed by atoms with Gasteiger partial charge in [-0.05, 0) is 115 Å². The Morgan fingerprint density at radius 3 is 1.58 bits per heavy atom. The molecular formula is C63H42N2. The molecule has 65 heavy (non-hydrogen) atoms. The lowest BCUT2D eigenvalue weighted by molar-refractivity contribution is 0.768. The Kier molecular flexibility index (Phi) is 8.47. The Hall–Kier alpha value is -8.46. The molecule has 1 aromatic heterocycles. The van der Waals surface area contributed by atoms with E-state index in [0.29, 0.717) is 0 Å². The van der Waals surface area contributed by atoms with Crippen LogP contribution < -0.4 is 4.90 Å². The minimum absolute atomic E-state index is 0.600. The number of anilines is 3. The van der Waals surface area contributed by atoms with E-state index in [0.717, 1.165) is 22.7 Å². The highest BCUT2D eigenvalue weighted by Gasteiger charge is 2.46. The third-order valence-corrected chi connectivity index (χ3v) is 13.8. The van der Waals surface area contributed by atoms with Crippen molar-refractivity contribution >= 4 is 60.4 Å². The molecule has 0 unspecified atom stereocenters. The van der Waals surface area contributed by atoms with Crippen molar-refractivity contribution in [1.82, 2.24) is 4.57 Å². The predicted octanol–water partition coefficient (Wildman–Crippen LogP) is 16.6. The van der Waals surface area contributed by atoms with Gasteiger partial charge in [0, 0.05) is 38.9 Å². The van der Waals surface area contributed by atoms with Crippen LogP contribution in [-0.4, -0.2) is 4.57 Å². The molecule has 0 atom stereocenters. The molecule has 13 rings (SSSR count). The van der Waals surface area contributed by atoms with Gasteiger partial charge < -0.3 is 9.47 Å². The molecule has 0 bridgehead atoms. The lowest BCUT2D eigenvalue weighted by atomic mass is 9.67. The minimum Gasteiger partial charge on any atom is -0.310 e. The predicted molar refractivity (Wildman–Crippen MR) is 273 cm³/mol. The molecule has 0 spiro atoms. The number of para-hydroxylation sites is 2. The van der Waals surface area contributed by atoms with Crippen LogP contribution in [-0.2, 0) is 5.41 Å². The van der Waals surface area contributed by atoms with E-state index < -0.39 is 5.41 Å². The number of benzene rings is 11. The number of hydrogen-bond acceptors (Lipinski definition) is 1. The van der Waals surface area contributed by atoms with Gasteiger partial charge in [0.1, 0.15) is 0 Å². The first-order chi connectivity index (χ1) is 32.3. The molecule has 2 heteroatoms. The molecule has 1 heterocycles.